The SMILES string of the molecule is CCCCCCCCCCCCCCCCCC(=O)OC(C)=O.[Ba+2].[H-].[H-]. The number of ether oxygens (including phenoxy) is 1. The fourth-order valence-electron chi connectivity index (χ4n) is 2.85. The van der Waals surface area contributed by atoms with E-state index in [0.717, 1.165) is 12.8 Å². The summed E-state index contributed by atoms with van der Waals surface area (Å²) in [4.78, 5) is 21.7. The van der Waals surface area contributed by atoms with E-state index in [9.17, 15) is 9.59 Å². The van der Waals surface area contributed by atoms with Gasteiger partial charge in [0.25, 0.3) is 0 Å². The van der Waals surface area contributed by atoms with Crippen molar-refractivity contribution >= 4 is 60.8 Å². The molecule has 0 saturated heterocycles. The molecule has 0 spiro atoms. The molecule has 4 heteroatoms. The van der Waals surface area contributed by atoms with Crippen molar-refractivity contribution in [1.82, 2.24) is 0 Å². The third kappa shape index (κ3) is 22.7. The normalized spacial score (nSPS) is 10.2. The quantitative estimate of drug-likeness (QED) is 0.118. The largest absolute Gasteiger partial charge is 2.00 e. The van der Waals surface area contributed by atoms with Crippen molar-refractivity contribution in [2.75, 3.05) is 0 Å². The fourth-order valence-corrected chi connectivity index (χ4v) is 2.85. The van der Waals surface area contributed by atoms with Crippen LogP contribution in [0.3, 0.4) is 0 Å². The Bertz CT molecular complexity index is 303. The molecule has 0 aliphatic heterocycles. The maximum Gasteiger partial charge on any atom is 2.00 e. The van der Waals surface area contributed by atoms with Crippen molar-refractivity contribution in [2.24, 2.45) is 0 Å². The predicted octanol–water partition coefficient (Wildman–Crippen LogP) is 6.18. The number of esters is 2. The minimum atomic E-state index is -0.504. The average Bonchev–Trinajstić information content (AvgIpc) is 2.50. The molecule has 0 rings (SSSR count). The molecule has 0 unspecified atom stereocenters. The number of carbonyl (C=O) groups is 2. The van der Waals surface area contributed by atoms with E-state index in [1.165, 1.54) is 90.4 Å². The summed E-state index contributed by atoms with van der Waals surface area (Å²) in [7, 11) is 0. The number of hydrogen-bond donors (Lipinski definition) is 0. The van der Waals surface area contributed by atoms with Gasteiger partial charge in [-0.05, 0) is 6.42 Å². The molecule has 0 aliphatic carbocycles. The first-order valence-corrected chi connectivity index (χ1v) is 9.88. The van der Waals surface area contributed by atoms with Crippen LogP contribution in [0.1, 0.15) is 119 Å². The molecule has 0 saturated carbocycles. The zero-order valence-electron chi connectivity index (χ0n) is 18.2. The summed E-state index contributed by atoms with van der Waals surface area (Å²) in [6.07, 6.45) is 20.0. The molecule has 0 N–H and O–H groups in total. The molecule has 0 fully saturated rings. The molecule has 0 aromatic carbocycles. The van der Waals surface area contributed by atoms with E-state index in [4.69, 9.17) is 0 Å². The van der Waals surface area contributed by atoms with Gasteiger partial charge in [0, 0.05) is 13.3 Å². The van der Waals surface area contributed by atoms with Gasteiger partial charge in [0.15, 0.2) is 0 Å². The number of hydrogen-bond acceptors (Lipinski definition) is 3. The van der Waals surface area contributed by atoms with Crippen LogP contribution in [0.5, 0.6) is 0 Å². The molecule has 0 radical (unpaired) electrons. The van der Waals surface area contributed by atoms with E-state index in [1.54, 1.807) is 0 Å². The summed E-state index contributed by atoms with van der Waals surface area (Å²) >= 11 is 0. The van der Waals surface area contributed by atoms with Gasteiger partial charge in [-0.1, -0.05) is 96.8 Å². The van der Waals surface area contributed by atoms with Gasteiger partial charge in [0.05, 0.1) is 0 Å². The van der Waals surface area contributed by atoms with Crippen LogP contribution in [-0.4, -0.2) is 60.8 Å². The average molecular weight is 466 g/mol. The minimum absolute atomic E-state index is 0. The molecular formula is C20H40BaO3. The van der Waals surface area contributed by atoms with Gasteiger partial charge in [-0.25, -0.2) is 0 Å². The van der Waals surface area contributed by atoms with Gasteiger partial charge in [0.1, 0.15) is 0 Å². The van der Waals surface area contributed by atoms with E-state index >= 15 is 0 Å². The van der Waals surface area contributed by atoms with E-state index in [-0.39, 0.29) is 57.7 Å². The zero-order valence-corrected chi connectivity index (χ0v) is 20.7. The van der Waals surface area contributed by atoms with E-state index in [1.807, 2.05) is 0 Å². The molecule has 24 heavy (non-hydrogen) atoms. The monoisotopic (exact) mass is 466 g/mol. The van der Waals surface area contributed by atoms with Crippen LogP contribution < -0.4 is 0 Å². The van der Waals surface area contributed by atoms with Gasteiger partial charge in [-0.15, -0.1) is 0 Å². The standard InChI is InChI=1S/C20H38O3.Ba.2H/c1-3-4-5-6-7-8-9-10-11-12-13-14-15-16-17-18-20(22)23-19(2)21;;;/h3-18H2,1-2H3;;;/q;+2;2*-1. The maximum absolute atomic E-state index is 11.1. The molecule has 0 aliphatic rings. The zero-order chi connectivity index (χ0) is 17.2. The summed E-state index contributed by atoms with van der Waals surface area (Å²) in [5, 5.41) is 0. The summed E-state index contributed by atoms with van der Waals surface area (Å²) in [6, 6.07) is 0. The molecule has 3 nitrogen and oxygen atoms in total. The van der Waals surface area contributed by atoms with Crippen molar-refractivity contribution in [3.63, 3.8) is 0 Å². The molecule has 0 heterocycles. The van der Waals surface area contributed by atoms with Gasteiger partial charge in [0.2, 0.25) is 0 Å². The predicted molar refractivity (Wildman–Crippen MR) is 104 cm³/mol. The third-order valence-electron chi connectivity index (χ3n) is 4.24. The van der Waals surface area contributed by atoms with Crippen LogP contribution in [-0.2, 0) is 14.3 Å². The summed E-state index contributed by atoms with van der Waals surface area (Å²) < 4.78 is 4.49. The number of rotatable bonds is 16. The Morgan fingerprint density at radius 2 is 1.00 bits per heavy atom. The van der Waals surface area contributed by atoms with Crippen LogP contribution >= 0.6 is 0 Å². The Kier molecular flexibility index (Phi) is 24.4. The van der Waals surface area contributed by atoms with E-state index in [0.29, 0.717) is 6.42 Å². The van der Waals surface area contributed by atoms with Gasteiger partial charge >= 0.3 is 60.8 Å². The van der Waals surface area contributed by atoms with E-state index < -0.39 is 5.97 Å². The Morgan fingerprint density at radius 3 is 1.33 bits per heavy atom. The van der Waals surface area contributed by atoms with Gasteiger partial charge in [-0.2, -0.15) is 0 Å². The second-order valence-corrected chi connectivity index (χ2v) is 6.67. The van der Waals surface area contributed by atoms with Crippen molar-refractivity contribution in [2.45, 2.75) is 117 Å². The molecular weight excluding hydrogens is 426 g/mol. The minimum Gasteiger partial charge on any atom is -1.00 e. The summed E-state index contributed by atoms with van der Waals surface area (Å²) in [5.41, 5.74) is 0. The van der Waals surface area contributed by atoms with Crippen molar-refractivity contribution in [1.29, 1.82) is 0 Å². The third-order valence-corrected chi connectivity index (χ3v) is 4.24. The maximum atomic E-state index is 11.1. The summed E-state index contributed by atoms with van der Waals surface area (Å²) in [5.74, 6) is -0.886. The van der Waals surface area contributed by atoms with Crippen molar-refractivity contribution < 1.29 is 17.2 Å². The first kappa shape index (κ1) is 26.9. The number of unbranched alkanes of at least 4 members (excludes halogenated alkanes) is 14. The first-order chi connectivity index (χ1) is 11.2. The molecule has 0 aromatic heterocycles. The molecule has 0 bridgehead atoms. The Hall–Kier alpha value is 0.711. The number of carbonyl (C=O) groups excluding carboxylic acids is 2. The fraction of sp³-hybridized carbons (Fsp3) is 0.900. The molecule has 0 amide bonds. The van der Waals surface area contributed by atoms with Gasteiger partial charge < -0.3 is 7.59 Å². The van der Waals surface area contributed by atoms with Crippen molar-refractivity contribution in [3.8, 4) is 0 Å². The molecule has 0 aromatic rings. The Labute approximate surface area is 193 Å². The van der Waals surface area contributed by atoms with E-state index in [2.05, 4.69) is 11.7 Å². The van der Waals surface area contributed by atoms with Gasteiger partial charge in [-0.3, -0.25) is 9.59 Å². The Balaban J connectivity index is -0.000000807. The first-order valence-electron chi connectivity index (χ1n) is 9.88. The topological polar surface area (TPSA) is 43.4 Å². The second kappa shape index (κ2) is 21.8. The molecule has 0 atom stereocenters. The smallest absolute Gasteiger partial charge is 1.00 e. The van der Waals surface area contributed by atoms with Crippen LogP contribution in [0.25, 0.3) is 0 Å². The van der Waals surface area contributed by atoms with Crippen LogP contribution in [0.15, 0.2) is 0 Å². The summed E-state index contributed by atoms with van der Waals surface area (Å²) in [6.45, 7) is 3.53. The second-order valence-electron chi connectivity index (χ2n) is 6.67. The van der Waals surface area contributed by atoms with Crippen LogP contribution in [0.4, 0.5) is 0 Å². The Morgan fingerprint density at radius 1 is 0.667 bits per heavy atom. The van der Waals surface area contributed by atoms with Crippen molar-refractivity contribution in [3.05, 3.63) is 0 Å². The van der Waals surface area contributed by atoms with Crippen LogP contribution in [0, 0.1) is 0 Å². The van der Waals surface area contributed by atoms with Crippen LogP contribution in [0.2, 0.25) is 0 Å². The molecule has 140 valence electrons.